The lowest BCUT2D eigenvalue weighted by Gasteiger charge is -2.28. The molecular weight excluding hydrogens is 252 g/mol. The summed E-state index contributed by atoms with van der Waals surface area (Å²) < 4.78 is 0. The van der Waals surface area contributed by atoms with Crippen molar-refractivity contribution in [2.45, 2.75) is 77.4 Å². The van der Waals surface area contributed by atoms with Crippen molar-refractivity contribution in [1.29, 1.82) is 0 Å². The predicted molar refractivity (Wildman–Crippen MR) is 82.6 cm³/mol. The molecule has 0 bridgehead atoms. The highest BCUT2D eigenvalue weighted by Crippen LogP contribution is 2.26. The first-order valence-corrected chi connectivity index (χ1v) is 8.16. The highest BCUT2D eigenvalue weighted by Gasteiger charge is 2.28. The van der Waals surface area contributed by atoms with Crippen LogP contribution in [0.15, 0.2) is 0 Å². The molecule has 4 nitrogen and oxygen atoms in total. The van der Waals surface area contributed by atoms with Gasteiger partial charge in [0.15, 0.2) is 0 Å². The second-order valence-electron chi connectivity index (χ2n) is 6.71. The van der Waals surface area contributed by atoms with Gasteiger partial charge in [-0.1, -0.05) is 39.5 Å². The highest BCUT2D eigenvalue weighted by molar-refractivity contribution is 5.81. The third-order valence-electron chi connectivity index (χ3n) is 4.19. The topological polar surface area (TPSA) is 61.4 Å². The Kier molecular flexibility index (Phi) is 7.52. The average Bonchev–Trinajstić information content (AvgIpc) is 2.61. The first-order valence-electron chi connectivity index (χ1n) is 8.16. The molecule has 0 aromatic carbocycles. The molecule has 1 amide bonds. The molecule has 1 aliphatic rings. The minimum Gasteiger partial charge on any atom is -0.389 e. The van der Waals surface area contributed by atoms with Gasteiger partial charge in [-0.2, -0.15) is 0 Å². The van der Waals surface area contributed by atoms with Crippen LogP contribution in [0.4, 0.5) is 0 Å². The van der Waals surface area contributed by atoms with Gasteiger partial charge in [-0.3, -0.25) is 4.79 Å². The molecule has 1 aliphatic carbocycles. The van der Waals surface area contributed by atoms with Crippen LogP contribution in [0, 0.1) is 5.92 Å². The molecule has 0 heterocycles. The monoisotopic (exact) mass is 284 g/mol. The molecule has 4 heteroatoms. The fourth-order valence-electron chi connectivity index (χ4n) is 2.64. The van der Waals surface area contributed by atoms with Crippen LogP contribution in [-0.2, 0) is 4.79 Å². The minimum atomic E-state index is -0.622. The van der Waals surface area contributed by atoms with Crippen LogP contribution in [0.5, 0.6) is 0 Å². The Morgan fingerprint density at radius 2 is 1.75 bits per heavy atom. The number of hydrogen-bond acceptors (Lipinski definition) is 3. The van der Waals surface area contributed by atoms with Crippen molar-refractivity contribution >= 4 is 5.91 Å². The first kappa shape index (κ1) is 17.4. The molecule has 1 saturated carbocycles. The van der Waals surface area contributed by atoms with Crippen LogP contribution < -0.4 is 10.6 Å². The Hall–Kier alpha value is -0.610. The molecule has 1 atom stereocenters. The van der Waals surface area contributed by atoms with E-state index in [1.165, 1.54) is 12.8 Å². The molecule has 1 fully saturated rings. The smallest absolute Gasteiger partial charge is 0.236 e. The molecule has 20 heavy (non-hydrogen) atoms. The van der Waals surface area contributed by atoms with Crippen LogP contribution in [0.2, 0.25) is 0 Å². The van der Waals surface area contributed by atoms with E-state index in [4.69, 9.17) is 0 Å². The fraction of sp³-hybridized carbons (Fsp3) is 0.938. The minimum absolute atomic E-state index is 0.0304. The predicted octanol–water partition coefficient (Wildman–Crippen LogP) is 2.21. The summed E-state index contributed by atoms with van der Waals surface area (Å²) >= 11 is 0. The van der Waals surface area contributed by atoms with E-state index in [0.717, 1.165) is 38.6 Å². The average molecular weight is 284 g/mol. The molecule has 0 aromatic rings. The van der Waals surface area contributed by atoms with E-state index >= 15 is 0 Å². The van der Waals surface area contributed by atoms with Gasteiger partial charge in [-0.05, 0) is 32.1 Å². The third-order valence-corrected chi connectivity index (χ3v) is 4.19. The van der Waals surface area contributed by atoms with E-state index in [-0.39, 0.29) is 11.9 Å². The van der Waals surface area contributed by atoms with Crippen molar-refractivity contribution in [3.63, 3.8) is 0 Å². The standard InChI is InChI=1S/C16H32N2O2/c1-13(2)8-11-17-15(19)14(3)18-12-16(20)9-6-4-5-7-10-16/h13-14,18,20H,4-12H2,1-3H3,(H,17,19). The van der Waals surface area contributed by atoms with E-state index in [1.54, 1.807) is 0 Å². The maximum Gasteiger partial charge on any atom is 0.236 e. The lowest BCUT2D eigenvalue weighted by atomic mass is 9.94. The Morgan fingerprint density at radius 1 is 1.15 bits per heavy atom. The molecule has 0 aromatic heterocycles. The maximum atomic E-state index is 11.9. The molecule has 0 aliphatic heterocycles. The Bertz CT molecular complexity index is 284. The van der Waals surface area contributed by atoms with Gasteiger partial charge in [-0.25, -0.2) is 0 Å². The lowest BCUT2D eigenvalue weighted by molar-refractivity contribution is -0.123. The van der Waals surface area contributed by atoms with Crippen molar-refractivity contribution in [3.05, 3.63) is 0 Å². The van der Waals surface area contributed by atoms with Gasteiger partial charge in [0.1, 0.15) is 0 Å². The number of amides is 1. The number of nitrogens with one attached hydrogen (secondary N) is 2. The molecule has 0 radical (unpaired) electrons. The molecule has 0 spiro atoms. The molecule has 0 saturated heterocycles. The van der Waals surface area contributed by atoms with Crippen LogP contribution in [-0.4, -0.2) is 35.7 Å². The SMILES string of the molecule is CC(C)CCNC(=O)C(C)NCC1(O)CCCCCC1. The number of hydrogen-bond donors (Lipinski definition) is 3. The van der Waals surface area contributed by atoms with Gasteiger partial charge in [0.2, 0.25) is 5.91 Å². The lowest BCUT2D eigenvalue weighted by Crippen LogP contribution is -2.49. The number of carbonyl (C=O) groups is 1. The normalized spacial score (nSPS) is 20.4. The molecule has 1 rings (SSSR count). The maximum absolute atomic E-state index is 11.9. The van der Waals surface area contributed by atoms with Crippen molar-refractivity contribution in [1.82, 2.24) is 10.6 Å². The van der Waals surface area contributed by atoms with E-state index in [2.05, 4.69) is 24.5 Å². The summed E-state index contributed by atoms with van der Waals surface area (Å²) in [6.45, 7) is 7.41. The highest BCUT2D eigenvalue weighted by atomic mass is 16.3. The fourth-order valence-corrected chi connectivity index (χ4v) is 2.64. The summed E-state index contributed by atoms with van der Waals surface area (Å²) in [5.74, 6) is 0.633. The van der Waals surface area contributed by atoms with Gasteiger partial charge < -0.3 is 15.7 Å². The first-order chi connectivity index (χ1) is 9.43. The summed E-state index contributed by atoms with van der Waals surface area (Å²) in [4.78, 5) is 11.9. The zero-order valence-corrected chi connectivity index (χ0v) is 13.4. The Morgan fingerprint density at radius 3 is 2.30 bits per heavy atom. The van der Waals surface area contributed by atoms with Crippen LogP contribution in [0.1, 0.15) is 65.7 Å². The molecule has 118 valence electrons. The van der Waals surface area contributed by atoms with E-state index in [9.17, 15) is 9.90 Å². The molecule has 3 N–H and O–H groups in total. The summed E-state index contributed by atoms with van der Waals surface area (Å²) in [5, 5.41) is 16.7. The Labute approximate surface area is 123 Å². The van der Waals surface area contributed by atoms with Gasteiger partial charge in [-0.15, -0.1) is 0 Å². The van der Waals surface area contributed by atoms with Crippen molar-refractivity contribution < 1.29 is 9.90 Å². The van der Waals surface area contributed by atoms with Crippen molar-refractivity contribution in [3.8, 4) is 0 Å². The number of carbonyl (C=O) groups excluding carboxylic acids is 1. The Balaban J connectivity index is 2.26. The summed E-state index contributed by atoms with van der Waals surface area (Å²) in [6.07, 6.45) is 7.31. The van der Waals surface area contributed by atoms with Gasteiger partial charge in [0, 0.05) is 13.1 Å². The van der Waals surface area contributed by atoms with Crippen LogP contribution in [0.3, 0.4) is 0 Å². The van der Waals surface area contributed by atoms with Gasteiger partial charge in [0.25, 0.3) is 0 Å². The van der Waals surface area contributed by atoms with Crippen molar-refractivity contribution in [2.24, 2.45) is 5.92 Å². The summed E-state index contributed by atoms with van der Waals surface area (Å²) in [5.41, 5.74) is -0.622. The second-order valence-corrected chi connectivity index (χ2v) is 6.71. The van der Waals surface area contributed by atoms with Gasteiger partial charge in [0.05, 0.1) is 11.6 Å². The quantitative estimate of drug-likeness (QED) is 0.628. The largest absolute Gasteiger partial charge is 0.389 e. The van der Waals surface area contributed by atoms with E-state index in [1.807, 2.05) is 6.92 Å². The molecule has 1 unspecified atom stereocenters. The zero-order chi connectivity index (χ0) is 15.0. The van der Waals surface area contributed by atoms with Crippen LogP contribution >= 0.6 is 0 Å². The number of aliphatic hydroxyl groups is 1. The van der Waals surface area contributed by atoms with Gasteiger partial charge >= 0.3 is 0 Å². The molecular formula is C16H32N2O2. The van der Waals surface area contributed by atoms with Crippen molar-refractivity contribution in [2.75, 3.05) is 13.1 Å². The zero-order valence-electron chi connectivity index (χ0n) is 13.4. The summed E-state index contributed by atoms with van der Waals surface area (Å²) in [7, 11) is 0. The van der Waals surface area contributed by atoms with E-state index in [0.29, 0.717) is 12.5 Å². The van der Waals surface area contributed by atoms with Crippen LogP contribution in [0.25, 0.3) is 0 Å². The number of rotatable bonds is 7. The van der Waals surface area contributed by atoms with E-state index < -0.39 is 5.60 Å². The summed E-state index contributed by atoms with van der Waals surface area (Å²) in [6, 6.07) is -0.241. The second kappa shape index (κ2) is 8.63. The third kappa shape index (κ3) is 6.71.